The maximum atomic E-state index is 12.4. The van der Waals surface area contributed by atoms with Crippen molar-refractivity contribution in [1.82, 2.24) is 0 Å². The molecule has 0 radical (unpaired) electrons. The number of carbonyl (C=O) groups excluding carboxylic acids is 4. The van der Waals surface area contributed by atoms with Crippen LogP contribution in [0.2, 0.25) is 0 Å². The second-order valence-electron chi connectivity index (χ2n) is 10.9. The second kappa shape index (κ2) is 17.4. The first-order valence-electron chi connectivity index (χ1n) is 13.6. The molecule has 0 fully saturated rings. The maximum Gasteiger partial charge on any atom is 0.508 e. The molecule has 0 saturated heterocycles. The summed E-state index contributed by atoms with van der Waals surface area (Å²) < 4.78 is 26.2. The monoisotopic (exact) mass is 551 g/mol. The van der Waals surface area contributed by atoms with E-state index in [1.807, 2.05) is 41.5 Å². The largest absolute Gasteiger partial charge is 0.508 e. The van der Waals surface area contributed by atoms with Crippen molar-refractivity contribution in [3.05, 3.63) is 23.8 Å². The van der Waals surface area contributed by atoms with Crippen LogP contribution in [0.25, 0.3) is 0 Å². The third kappa shape index (κ3) is 15.1. The Morgan fingerprint density at radius 2 is 1.31 bits per heavy atom. The van der Waals surface area contributed by atoms with Gasteiger partial charge in [0.15, 0.2) is 11.5 Å². The van der Waals surface area contributed by atoms with Crippen molar-refractivity contribution < 1.29 is 42.9 Å². The molecule has 0 aliphatic rings. The van der Waals surface area contributed by atoms with E-state index in [2.05, 4.69) is 0 Å². The van der Waals surface area contributed by atoms with Crippen LogP contribution in [0.4, 0.5) is 4.79 Å². The highest BCUT2D eigenvalue weighted by Gasteiger charge is 2.21. The van der Waals surface area contributed by atoms with E-state index in [-0.39, 0.29) is 49.9 Å². The lowest BCUT2D eigenvalue weighted by molar-refractivity contribution is -0.148. The fourth-order valence-electron chi connectivity index (χ4n) is 3.11. The van der Waals surface area contributed by atoms with Crippen LogP contribution < -0.4 is 15.2 Å². The molecule has 0 unspecified atom stereocenters. The lowest BCUT2D eigenvalue weighted by Crippen LogP contribution is -2.36. The van der Waals surface area contributed by atoms with Gasteiger partial charge in [0.25, 0.3) is 0 Å². The Bertz CT molecular complexity index is 943. The number of hydrogen-bond acceptors (Lipinski definition) is 10. The van der Waals surface area contributed by atoms with Crippen LogP contribution in [0.3, 0.4) is 0 Å². The van der Waals surface area contributed by atoms with Crippen molar-refractivity contribution >= 4 is 24.1 Å². The van der Waals surface area contributed by atoms with Gasteiger partial charge in [-0.1, -0.05) is 47.6 Å². The highest BCUT2D eigenvalue weighted by atomic mass is 16.7. The van der Waals surface area contributed by atoms with Crippen LogP contribution in [0.1, 0.15) is 79.7 Å². The van der Waals surface area contributed by atoms with Gasteiger partial charge >= 0.3 is 24.1 Å². The Kier molecular flexibility index (Phi) is 15.2. The molecule has 0 heterocycles. The third-order valence-electron chi connectivity index (χ3n) is 5.36. The van der Waals surface area contributed by atoms with Gasteiger partial charge in [-0.05, 0) is 61.6 Å². The first-order valence-corrected chi connectivity index (χ1v) is 13.6. The molecule has 0 aromatic heterocycles. The molecule has 0 aliphatic carbocycles. The smallest absolute Gasteiger partial charge is 0.461 e. The zero-order valence-electron chi connectivity index (χ0n) is 24.3. The number of esters is 3. The SMILES string of the molecule is CC(C)CCC(=O)Oc1ccc(C[C@H](N)C(=O)OC[C@H](C)OC(=O)OCC(C)C)cc1OC(=O)CCC(C)C. The van der Waals surface area contributed by atoms with E-state index in [0.29, 0.717) is 30.2 Å². The van der Waals surface area contributed by atoms with E-state index in [0.717, 1.165) is 0 Å². The van der Waals surface area contributed by atoms with Crippen LogP contribution >= 0.6 is 0 Å². The minimum Gasteiger partial charge on any atom is -0.461 e. The van der Waals surface area contributed by atoms with Crippen LogP contribution in [-0.2, 0) is 35.0 Å². The predicted octanol–water partition coefficient (Wildman–Crippen LogP) is 4.98. The molecule has 0 spiro atoms. The molecule has 220 valence electrons. The van der Waals surface area contributed by atoms with Gasteiger partial charge < -0.3 is 29.4 Å². The van der Waals surface area contributed by atoms with Crippen molar-refractivity contribution in [2.45, 2.75) is 92.7 Å². The molecule has 2 N–H and O–H groups in total. The summed E-state index contributed by atoms with van der Waals surface area (Å²) in [5.74, 6) is -0.550. The predicted molar refractivity (Wildman–Crippen MR) is 145 cm³/mol. The molecular formula is C29H45NO9. The molecule has 0 saturated carbocycles. The summed E-state index contributed by atoms with van der Waals surface area (Å²) in [6, 6.07) is 3.65. The highest BCUT2D eigenvalue weighted by molar-refractivity contribution is 5.77. The molecule has 1 rings (SSSR count). The zero-order chi connectivity index (χ0) is 29.5. The number of carbonyl (C=O) groups is 4. The number of nitrogens with two attached hydrogens (primary N) is 1. The molecule has 10 nitrogen and oxygen atoms in total. The quantitative estimate of drug-likeness (QED) is 0.221. The van der Waals surface area contributed by atoms with Crippen LogP contribution in [-0.4, -0.2) is 49.4 Å². The summed E-state index contributed by atoms with van der Waals surface area (Å²) in [6.45, 7) is 13.4. The van der Waals surface area contributed by atoms with Gasteiger partial charge in [-0.25, -0.2) is 4.79 Å². The number of hydrogen-bond donors (Lipinski definition) is 1. The fraction of sp³-hybridized carbons (Fsp3) is 0.655. The number of benzene rings is 1. The average molecular weight is 552 g/mol. The summed E-state index contributed by atoms with van der Waals surface area (Å²) in [4.78, 5) is 48.8. The molecule has 0 aliphatic heterocycles. The van der Waals surface area contributed by atoms with Crippen molar-refractivity contribution in [3.8, 4) is 11.5 Å². The Balaban J connectivity index is 2.81. The first kappa shape index (κ1) is 33.9. The summed E-state index contributed by atoms with van der Waals surface area (Å²) >= 11 is 0. The van der Waals surface area contributed by atoms with E-state index in [9.17, 15) is 19.2 Å². The minimum absolute atomic E-state index is 0.0720. The number of ether oxygens (including phenoxy) is 5. The van der Waals surface area contributed by atoms with Crippen LogP contribution in [0.15, 0.2) is 18.2 Å². The van der Waals surface area contributed by atoms with Crippen molar-refractivity contribution in [2.24, 2.45) is 23.5 Å². The highest BCUT2D eigenvalue weighted by Crippen LogP contribution is 2.30. The van der Waals surface area contributed by atoms with Gasteiger partial charge in [0, 0.05) is 12.8 Å². The first-order chi connectivity index (χ1) is 18.3. The summed E-state index contributed by atoms with van der Waals surface area (Å²) in [5, 5.41) is 0. The Morgan fingerprint density at radius 3 is 1.85 bits per heavy atom. The van der Waals surface area contributed by atoms with Crippen LogP contribution in [0.5, 0.6) is 11.5 Å². The zero-order valence-corrected chi connectivity index (χ0v) is 24.3. The van der Waals surface area contributed by atoms with Gasteiger partial charge in [0.2, 0.25) is 0 Å². The lowest BCUT2D eigenvalue weighted by Gasteiger charge is -2.17. The van der Waals surface area contributed by atoms with E-state index >= 15 is 0 Å². The fourth-order valence-corrected chi connectivity index (χ4v) is 3.11. The van der Waals surface area contributed by atoms with Gasteiger partial charge in [0.05, 0.1) is 6.61 Å². The summed E-state index contributed by atoms with van der Waals surface area (Å²) in [6.07, 6.45) is 0.271. The van der Waals surface area contributed by atoms with Gasteiger partial charge in [-0.2, -0.15) is 0 Å². The van der Waals surface area contributed by atoms with E-state index in [4.69, 9.17) is 29.4 Å². The molecule has 1 aromatic rings. The number of rotatable bonds is 16. The van der Waals surface area contributed by atoms with Gasteiger partial charge in [0.1, 0.15) is 18.8 Å². The molecule has 0 amide bonds. The Hall–Kier alpha value is -3.14. The van der Waals surface area contributed by atoms with Crippen molar-refractivity contribution in [2.75, 3.05) is 13.2 Å². The Labute approximate surface area is 231 Å². The molecule has 1 aromatic carbocycles. The van der Waals surface area contributed by atoms with Crippen LogP contribution in [0, 0.1) is 17.8 Å². The molecular weight excluding hydrogens is 506 g/mol. The maximum absolute atomic E-state index is 12.4. The standard InChI is InChI=1S/C29H45NO9/c1-18(2)8-12-26(31)38-24-11-10-22(15-25(24)39-27(32)13-9-19(3)4)14-23(30)28(33)35-17-21(7)37-29(34)36-16-20(5)6/h10-11,15,18-21,23H,8-9,12-14,16-17,30H2,1-7H3/t21-,23-/m0/s1. The molecule has 10 heteroatoms. The lowest BCUT2D eigenvalue weighted by atomic mass is 10.1. The topological polar surface area (TPSA) is 140 Å². The molecule has 39 heavy (non-hydrogen) atoms. The average Bonchev–Trinajstić information content (AvgIpc) is 2.85. The van der Waals surface area contributed by atoms with Crippen molar-refractivity contribution in [3.63, 3.8) is 0 Å². The summed E-state index contributed by atoms with van der Waals surface area (Å²) in [7, 11) is 0. The van der Waals surface area contributed by atoms with Gasteiger partial charge in [-0.3, -0.25) is 14.4 Å². The van der Waals surface area contributed by atoms with E-state index in [1.165, 1.54) is 12.1 Å². The normalized spacial score (nSPS) is 12.7. The van der Waals surface area contributed by atoms with Crippen molar-refractivity contribution in [1.29, 1.82) is 0 Å². The summed E-state index contributed by atoms with van der Waals surface area (Å²) in [5.41, 5.74) is 6.61. The van der Waals surface area contributed by atoms with E-state index < -0.39 is 36.2 Å². The van der Waals surface area contributed by atoms with E-state index in [1.54, 1.807) is 13.0 Å². The second-order valence-corrected chi connectivity index (χ2v) is 10.9. The third-order valence-corrected chi connectivity index (χ3v) is 5.36. The molecule has 0 bridgehead atoms. The Morgan fingerprint density at radius 1 is 0.744 bits per heavy atom. The minimum atomic E-state index is -1.03. The molecule has 2 atom stereocenters. The van der Waals surface area contributed by atoms with Gasteiger partial charge in [-0.15, -0.1) is 0 Å².